The van der Waals surface area contributed by atoms with Crippen LogP contribution in [-0.4, -0.2) is 35.8 Å². The number of hydrogen-bond donors (Lipinski definition) is 0. The van der Waals surface area contributed by atoms with Crippen LogP contribution in [0.1, 0.15) is 17.2 Å². The lowest BCUT2D eigenvalue weighted by atomic mass is 9.93. The molecule has 2 aromatic carbocycles. The van der Waals surface area contributed by atoms with Gasteiger partial charge in [0.05, 0.1) is 11.3 Å². The first-order chi connectivity index (χ1) is 11.9. The molecule has 0 aromatic heterocycles. The molecule has 0 saturated carbocycles. The maximum Gasteiger partial charge on any atom is 0.154 e. The van der Waals surface area contributed by atoms with Crippen molar-refractivity contribution in [1.82, 2.24) is 4.90 Å². The van der Waals surface area contributed by atoms with Crippen LogP contribution in [-0.2, 0) is 4.79 Å². The molecule has 2 aliphatic rings. The van der Waals surface area contributed by atoms with E-state index in [0.717, 1.165) is 59.0 Å². The van der Waals surface area contributed by atoms with E-state index in [-0.39, 0.29) is 6.10 Å². The third-order valence-corrected chi connectivity index (χ3v) is 5.44. The third kappa shape index (κ3) is 2.71. The van der Waals surface area contributed by atoms with E-state index in [9.17, 15) is 4.79 Å². The molecule has 2 aliphatic heterocycles. The van der Waals surface area contributed by atoms with Crippen LogP contribution in [0.4, 0.5) is 0 Å². The molecular formula is C20H19NO2S. The number of nitrogens with zero attached hydrogens (tertiary/aromatic N) is 1. The Bertz CT molecular complexity index is 766. The highest BCUT2D eigenvalue weighted by atomic mass is 32.2. The smallest absolute Gasteiger partial charge is 0.154 e. The van der Waals surface area contributed by atoms with Crippen LogP contribution in [0.3, 0.4) is 0 Å². The van der Waals surface area contributed by atoms with Gasteiger partial charge in [0.15, 0.2) is 12.4 Å². The monoisotopic (exact) mass is 337 g/mol. The maximum absolute atomic E-state index is 12.0. The highest BCUT2D eigenvalue weighted by Crippen LogP contribution is 2.43. The lowest BCUT2D eigenvalue weighted by molar-refractivity contribution is -0.105. The molecule has 24 heavy (non-hydrogen) atoms. The fraction of sp³-hybridized carbons (Fsp3) is 0.250. The quantitative estimate of drug-likeness (QED) is 0.797. The molecule has 4 rings (SSSR count). The van der Waals surface area contributed by atoms with Gasteiger partial charge in [-0.2, -0.15) is 11.8 Å². The molecule has 2 aromatic rings. The molecule has 1 fully saturated rings. The van der Waals surface area contributed by atoms with Crippen molar-refractivity contribution in [3.8, 4) is 5.75 Å². The molecule has 3 nitrogen and oxygen atoms in total. The van der Waals surface area contributed by atoms with Gasteiger partial charge in [0.2, 0.25) is 0 Å². The fourth-order valence-corrected chi connectivity index (χ4v) is 4.27. The lowest BCUT2D eigenvalue weighted by Gasteiger charge is -2.37. The number of carbonyl (C=O) groups excluding carboxylic acids is 1. The first-order valence-electron chi connectivity index (χ1n) is 8.21. The van der Waals surface area contributed by atoms with Crippen molar-refractivity contribution in [3.05, 3.63) is 71.3 Å². The SMILES string of the molecule is O=CC1=C(N2CCSCC2)c2ccccc2OC1c1ccccc1. The summed E-state index contributed by atoms with van der Waals surface area (Å²) in [5, 5.41) is 0. The molecule has 0 bridgehead atoms. The lowest BCUT2D eigenvalue weighted by Crippen LogP contribution is -2.34. The molecule has 1 atom stereocenters. The van der Waals surface area contributed by atoms with Gasteiger partial charge in [0, 0.05) is 30.2 Å². The predicted molar refractivity (Wildman–Crippen MR) is 98.1 cm³/mol. The second kappa shape index (κ2) is 6.73. The Morgan fingerprint density at radius 3 is 2.46 bits per heavy atom. The van der Waals surface area contributed by atoms with E-state index in [2.05, 4.69) is 11.0 Å². The number of rotatable bonds is 3. The van der Waals surface area contributed by atoms with Gasteiger partial charge in [0.25, 0.3) is 0 Å². The molecule has 122 valence electrons. The molecule has 1 unspecified atom stereocenters. The van der Waals surface area contributed by atoms with E-state index in [1.807, 2.05) is 60.3 Å². The summed E-state index contributed by atoms with van der Waals surface area (Å²) in [6.45, 7) is 1.93. The third-order valence-electron chi connectivity index (χ3n) is 4.50. The zero-order chi connectivity index (χ0) is 16.4. The molecular weight excluding hydrogens is 318 g/mol. The van der Waals surface area contributed by atoms with Gasteiger partial charge in [0.1, 0.15) is 5.75 Å². The van der Waals surface area contributed by atoms with Crippen LogP contribution in [0.2, 0.25) is 0 Å². The first kappa shape index (κ1) is 15.3. The van der Waals surface area contributed by atoms with Crippen molar-refractivity contribution in [2.45, 2.75) is 6.10 Å². The van der Waals surface area contributed by atoms with Crippen molar-refractivity contribution in [2.24, 2.45) is 0 Å². The molecule has 4 heteroatoms. The summed E-state index contributed by atoms with van der Waals surface area (Å²) in [4.78, 5) is 14.4. The fourth-order valence-electron chi connectivity index (χ4n) is 3.37. The Labute approximate surface area is 146 Å². The van der Waals surface area contributed by atoms with Crippen LogP contribution in [0.25, 0.3) is 5.70 Å². The van der Waals surface area contributed by atoms with Crippen LogP contribution in [0.5, 0.6) is 5.75 Å². The van der Waals surface area contributed by atoms with Gasteiger partial charge in [-0.05, 0) is 17.7 Å². The number of hydrogen-bond acceptors (Lipinski definition) is 4. The van der Waals surface area contributed by atoms with Crippen molar-refractivity contribution < 1.29 is 9.53 Å². The van der Waals surface area contributed by atoms with E-state index < -0.39 is 0 Å². The van der Waals surface area contributed by atoms with E-state index in [0.29, 0.717) is 0 Å². The van der Waals surface area contributed by atoms with Crippen molar-refractivity contribution >= 4 is 23.7 Å². The molecule has 0 radical (unpaired) electrons. The Morgan fingerprint density at radius 2 is 1.71 bits per heavy atom. The molecule has 0 N–H and O–H groups in total. The minimum Gasteiger partial charge on any atom is -0.480 e. The molecule has 0 amide bonds. The molecule has 2 heterocycles. The van der Waals surface area contributed by atoms with Gasteiger partial charge >= 0.3 is 0 Å². The molecule has 0 aliphatic carbocycles. The number of thioether (sulfide) groups is 1. The van der Waals surface area contributed by atoms with E-state index in [1.165, 1.54) is 0 Å². The standard InChI is InChI=1S/C20H19NO2S/c22-14-17-19(21-10-12-24-13-11-21)16-8-4-5-9-18(16)23-20(17)15-6-2-1-3-7-15/h1-9,14,20H,10-13H2. The molecule has 0 spiro atoms. The number of carbonyl (C=O) groups is 1. The summed E-state index contributed by atoms with van der Waals surface area (Å²) >= 11 is 1.97. The topological polar surface area (TPSA) is 29.5 Å². The van der Waals surface area contributed by atoms with Crippen molar-refractivity contribution in [3.63, 3.8) is 0 Å². The van der Waals surface area contributed by atoms with E-state index in [4.69, 9.17) is 4.74 Å². The number of para-hydroxylation sites is 1. The van der Waals surface area contributed by atoms with Gasteiger partial charge in [-0.25, -0.2) is 0 Å². The Balaban J connectivity index is 1.87. The normalized spacial score (nSPS) is 20.3. The zero-order valence-corrected chi connectivity index (χ0v) is 14.2. The summed E-state index contributed by atoms with van der Waals surface area (Å²) in [5.74, 6) is 3.04. The largest absolute Gasteiger partial charge is 0.480 e. The van der Waals surface area contributed by atoms with Crippen LogP contribution >= 0.6 is 11.8 Å². The number of fused-ring (bicyclic) bond motifs is 1. The maximum atomic E-state index is 12.0. The van der Waals surface area contributed by atoms with Gasteiger partial charge in [-0.1, -0.05) is 42.5 Å². The van der Waals surface area contributed by atoms with Gasteiger partial charge in [-0.3, -0.25) is 4.79 Å². The van der Waals surface area contributed by atoms with E-state index in [1.54, 1.807) is 0 Å². The summed E-state index contributed by atoms with van der Waals surface area (Å²) < 4.78 is 6.22. The predicted octanol–water partition coefficient (Wildman–Crippen LogP) is 3.78. The average Bonchev–Trinajstić information content (AvgIpc) is 2.67. The number of aldehydes is 1. The van der Waals surface area contributed by atoms with Crippen LogP contribution < -0.4 is 4.74 Å². The highest BCUT2D eigenvalue weighted by Gasteiger charge is 2.32. The Morgan fingerprint density at radius 1 is 1.00 bits per heavy atom. The minimum absolute atomic E-state index is 0.344. The van der Waals surface area contributed by atoms with Crippen LogP contribution in [0.15, 0.2) is 60.2 Å². The Hall–Kier alpha value is -2.20. The van der Waals surface area contributed by atoms with Gasteiger partial charge in [-0.15, -0.1) is 0 Å². The summed E-state index contributed by atoms with van der Waals surface area (Å²) in [6, 6.07) is 18.0. The number of benzene rings is 2. The van der Waals surface area contributed by atoms with E-state index >= 15 is 0 Å². The molecule has 1 saturated heterocycles. The Kier molecular flexibility index (Phi) is 4.30. The van der Waals surface area contributed by atoms with Crippen LogP contribution in [0, 0.1) is 0 Å². The van der Waals surface area contributed by atoms with Crippen molar-refractivity contribution in [1.29, 1.82) is 0 Å². The number of ether oxygens (including phenoxy) is 1. The second-order valence-electron chi connectivity index (χ2n) is 5.93. The van der Waals surface area contributed by atoms with Gasteiger partial charge < -0.3 is 9.64 Å². The van der Waals surface area contributed by atoms with Crippen molar-refractivity contribution in [2.75, 3.05) is 24.6 Å². The summed E-state index contributed by atoms with van der Waals surface area (Å²) in [5.41, 5.74) is 3.81. The summed E-state index contributed by atoms with van der Waals surface area (Å²) in [7, 11) is 0. The first-order valence-corrected chi connectivity index (χ1v) is 9.37. The average molecular weight is 337 g/mol. The zero-order valence-electron chi connectivity index (χ0n) is 13.4. The summed E-state index contributed by atoms with van der Waals surface area (Å²) in [6.07, 6.45) is 0.633. The second-order valence-corrected chi connectivity index (χ2v) is 7.15. The minimum atomic E-state index is -0.344. The highest BCUT2D eigenvalue weighted by molar-refractivity contribution is 7.99.